The predicted molar refractivity (Wildman–Crippen MR) is 87.7 cm³/mol. The third-order valence-corrected chi connectivity index (χ3v) is 8.65. The summed E-state index contributed by atoms with van der Waals surface area (Å²) in [7, 11) is 0. The Kier molecular flexibility index (Phi) is 3.26. The Morgan fingerprint density at radius 2 is 1.79 bits per heavy atom. The zero-order chi connectivity index (χ0) is 17.5. The van der Waals surface area contributed by atoms with Gasteiger partial charge in [0, 0.05) is 18.3 Å². The third-order valence-electron chi connectivity index (χ3n) is 8.65. The molecule has 0 bridgehead atoms. The molecule has 24 heavy (non-hydrogen) atoms. The maximum atomic E-state index is 14.6. The molecule has 134 valence electrons. The van der Waals surface area contributed by atoms with Crippen LogP contribution >= 0.6 is 0 Å². The molecule has 0 spiro atoms. The van der Waals surface area contributed by atoms with Crippen molar-refractivity contribution in [2.45, 2.75) is 77.2 Å². The van der Waals surface area contributed by atoms with Gasteiger partial charge in [0.2, 0.25) is 0 Å². The molecule has 0 heterocycles. The molecular formula is C20H28F2O2. The fraction of sp³-hybridized carbons (Fsp3) is 0.850. The Bertz CT molecular complexity index is 623. The average molecular weight is 338 g/mol. The molecule has 3 saturated carbocycles. The first kappa shape index (κ1) is 16.7. The number of carbonyl (C=O) groups excluding carboxylic acids is 1. The summed E-state index contributed by atoms with van der Waals surface area (Å²) in [5.41, 5.74) is -1.39. The Labute approximate surface area is 142 Å². The van der Waals surface area contributed by atoms with Crippen molar-refractivity contribution in [2.24, 2.45) is 28.6 Å². The topological polar surface area (TPSA) is 37.3 Å². The molecule has 4 aliphatic rings. The highest BCUT2D eigenvalue weighted by atomic mass is 19.3. The van der Waals surface area contributed by atoms with Crippen molar-refractivity contribution in [3.05, 3.63) is 11.6 Å². The number of alkyl halides is 2. The van der Waals surface area contributed by atoms with Crippen molar-refractivity contribution < 1.29 is 18.7 Å². The van der Waals surface area contributed by atoms with Crippen molar-refractivity contribution in [3.63, 3.8) is 0 Å². The summed E-state index contributed by atoms with van der Waals surface area (Å²) in [5, 5.41) is 10.7. The molecule has 4 heteroatoms. The lowest BCUT2D eigenvalue weighted by Crippen LogP contribution is -2.56. The van der Waals surface area contributed by atoms with E-state index in [-0.39, 0.29) is 29.5 Å². The molecule has 0 aromatic rings. The summed E-state index contributed by atoms with van der Waals surface area (Å²) in [6.07, 6.45) is 6.35. The van der Waals surface area contributed by atoms with E-state index in [0.29, 0.717) is 18.8 Å². The van der Waals surface area contributed by atoms with Gasteiger partial charge in [0.05, 0.1) is 0 Å². The Morgan fingerprint density at radius 1 is 1.08 bits per heavy atom. The van der Waals surface area contributed by atoms with Crippen LogP contribution in [0.5, 0.6) is 0 Å². The quantitative estimate of drug-likeness (QED) is 0.705. The van der Waals surface area contributed by atoms with Crippen molar-refractivity contribution >= 4 is 5.78 Å². The van der Waals surface area contributed by atoms with Crippen LogP contribution in [-0.2, 0) is 4.79 Å². The molecule has 0 aliphatic heterocycles. The zero-order valence-corrected chi connectivity index (χ0v) is 14.9. The van der Waals surface area contributed by atoms with Crippen LogP contribution in [0.1, 0.15) is 65.7 Å². The summed E-state index contributed by atoms with van der Waals surface area (Å²) in [5.74, 6) is -2.32. The molecule has 6 atom stereocenters. The van der Waals surface area contributed by atoms with Gasteiger partial charge in [0.15, 0.2) is 5.78 Å². The molecule has 0 saturated heterocycles. The average Bonchev–Trinajstić information content (AvgIpc) is 2.64. The van der Waals surface area contributed by atoms with Gasteiger partial charge in [-0.05, 0) is 68.3 Å². The standard InChI is InChI=1S/C20H28F2O2/c1-17-8-6-13(23)10-12(17)4-5-14-15(17)7-9-18(2)16(14)11-20(21,22)19(18,3)24/h10,14-16,24H,4-9,11H2,1-3H3/t14-,15+,16+,17+,18+,19-/m1/s1. The van der Waals surface area contributed by atoms with E-state index in [4.69, 9.17) is 0 Å². The maximum Gasteiger partial charge on any atom is 0.276 e. The summed E-state index contributed by atoms with van der Waals surface area (Å²) in [6.45, 7) is 5.48. The molecule has 0 unspecified atom stereocenters. The Morgan fingerprint density at radius 3 is 2.50 bits per heavy atom. The van der Waals surface area contributed by atoms with Crippen LogP contribution in [0.25, 0.3) is 0 Å². The number of aliphatic hydroxyl groups is 1. The van der Waals surface area contributed by atoms with E-state index in [2.05, 4.69) is 6.92 Å². The van der Waals surface area contributed by atoms with Gasteiger partial charge in [-0.25, -0.2) is 8.78 Å². The van der Waals surface area contributed by atoms with Crippen molar-refractivity contribution in [1.29, 1.82) is 0 Å². The van der Waals surface area contributed by atoms with Crippen molar-refractivity contribution in [1.82, 2.24) is 0 Å². The first-order valence-electron chi connectivity index (χ1n) is 9.37. The number of allylic oxidation sites excluding steroid dienone is 1. The molecule has 2 nitrogen and oxygen atoms in total. The van der Waals surface area contributed by atoms with E-state index >= 15 is 0 Å². The predicted octanol–water partition coefficient (Wildman–Crippen LogP) is 4.51. The van der Waals surface area contributed by atoms with Gasteiger partial charge >= 0.3 is 0 Å². The highest BCUT2D eigenvalue weighted by Crippen LogP contribution is 2.70. The normalized spacial score (nSPS) is 53.0. The zero-order valence-electron chi connectivity index (χ0n) is 14.9. The largest absolute Gasteiger partial charge is 0.383 e. The Balaban J connectivity index is 1.73. The van der Waals surface area contributed by atoms with E-state index in [1.807, 2.05) is 13.0 Å². The third kappa shape index (κ3) is 1.81. The first-order chi connectivity index (χ1) is 11.0. The minimum atomic E-state index is -3.01. The molecule has 0 radical (unpaired) electrons. The Hall–Kier alpha value is -0.770. The second-order valence-corrected chi connectivity index (χ2v) is 9.41. The van der Waals surface area contributed by atoms with Gasteiger partial charge < -0.3 is 5.11 Å². The summed E-state index contributed by atoms with van der Waals surface area (Å²) < 4.78 is 29.2. The fourth-order valence-electron chi connectivity index (χ4n) is 6.75. The van der Waals surface area contributed by atoms with Crippen LogP contribution in [0.2, 0.25) is 0 Å². The number of carbonyl (C=O) groups is 1. The number of hydrogen-bond acceptors (Lipinski definition) is 2. The minimum absolute atomic E-state index is 0.0120. The molecule has 0 aromatic heterocycles. The number of hydrogen-bond donors (Lipinski definition) is 1. The number of halogens is 2. The highest BCUT2D eigenvalue weighted by Gasteiger charge is 2.72. The van der Waals surface area contributed by atoms with E-state index in [1.165, 1.54) is 12.5 Å². The van der Waals surface area contributed by atoms with E-state index < -0.39 is 16.9 Å². The lowest BCUT2D eigenvalue weighted by atomic mass is 9.46. The van der Waals surface area contributed by atoms with Crippen molar-refractivity contribution in [3.8, 4) is 0 Å². The summed E-state index contributed by atoms with van der Waals surface area (Å²) in [4.78, 5) is 11.8. The second-order valence-electron chi connectivity index (χ2n) is 9.41. The minimum Gasteiger partial charge on any atom is -0.383 e. The molecule has 1 N–H and O–H groups in total. The van der Waals surface area contributed by atoms with Crippen molar-refractivity contribution in [2.75, 3.05) is 0 Å². The van der Waals surface area contributed by atoms with Crippen LogP contribution in [0.15, 0.2) is 11.6 Å². The maximum absolute atomic E-state index is 14.6. The summed E-state index contributed by atoms with van der Waals surface area (Å²) >= 11 is 0. The van der Waals surface area contributed by atoms with Gasteiger partial charge in [-0.3, -0.25) is 4.79 Å². The smallest absolute Gasteiger partial charge is 0.276 e. The van der Waals surface area contributed by atoms with Gasteiger partial charge in [0.1, 0.15) is 5.60 Å². The van der Waals surface area contributed by atoms with Crippen LogP contribution in [0.4, 0.5) is 8.78 Å². The van der Waals surface area contributed by atoms with Crippen LogP contribution < -0.4 is 0 Å². The van der Waals surface area contributed by atoms with Gasteiger partial charge in [-0.15, -0.1) is 0 Å². The van der Waals surface area contributed by atoms with Crippen LogP contribution in [-0.4, -0.2) is 22.4 Å². The molecule has 4 aliphatic carbocycles. The molecule has 0 amide bonds. The first-order valence-corrected chi connectivity index (χ1v) is 9.37. The monoisotopic (exact) mass is 338 g/mol. The van der Waals surface area contributed by atoms with Gasteiger partial charge in [0.25, 0.3) is 5.92 Å². The van der Waals surface area contributed by atoms with Crippen LogP contribution in [0, 0.1) is 28.6 Å². The molecule has 3 fully saturated rings. The lowest BCUT2D eigenvalue weighted by molar-refractivity contribution is -0.199. The molecule has 0 aromatic carbocycles. The highest BCUT2D eigenvalue weighted by molar-refractivity contribution is 5.91. The fourth-order valence-corrected chi connectivity index (χ4v) is 6.75. The van der Waals surface area contributed by atoms with E-state index in [0.717, 1.165) is 25.7 Å². The SMILES string of the molecule is C[C@]12CCC(=O)C=C1CC[C@@H]1[C@@H]2CC[C@@]2(C)[C@H]1CC(F)(F)[C@]2(C)O. The van der Waals surface area contributed by atoms with E-state index in [1.54, 1.807) is 0 Å². The van der Waals surface area contributed by atoms with Gasteiger partial charge in [-0.2, -0.15) is 0 Å². The number of rotatable bonds is 0. The van der Waals surface area contributed by atoms with E-state index in [9.17, 15) is 18.7 Å². The summed E-state index contributed by atoms with van der Waals surface area (Å²) in [6, 6.07) is 0. The number of fused-ring (bicyclic) bond motifs is 5. The van der Waals surface area contributed by atoms with Gasteiger partial charge in [-0.1, -0.05) is 19.4 Å². The van der Waals surface area contributed by atoms with Crippen LogP contribution in [0.3, 0.4) is 0 Å². The number of ketones is 1. The second kappa shape index (κ2) is 4.69. The molecule has 4 rings (SSSR count). The lowest BCUT2D eigenvalue weighted by Gasteiger charge is -2.58. The molecular weight excluding hydrogens is 310 g/mol.